The summed E-state index contributed by atoms with van der Waals surface area (Å²) in [6.45, 7) is 8.81. The predicted octanol–water partition coefficient (Wildman–Crippen LogP) is 5.74. The van der Waals surface area contributed by atoms with E-state index in [0.717, 1.165) is 30.6 Å². The van der Waals surface area contributed by atoms with Crippen LogP contribution in [0.5, 0.6) is 11.5 Å². The van der Waals surface area contributed by atoms with E-state index in [-0.39, 0.29) is 5.60 Å². The summed E-state index contributed by atoms with van der Waals surface area (Å²) in [6.07, 6.45) is 9.06. The molecule has 23 heavy (non-hydrogen) atoms. The van der Waals surface area contributed by atoms with E-state index < -0.39 is 0 Å². The second kappa shape index (κ2) is 6.22. The number of phenols is 1. The summed E-state index contributed by atoms with van der Waals surface area (Å²) >= 11 is 0. The van der Waals surface area contributed by atoms with Crippen molar-refractivity contribution in [3.05, 3.63) is 34.9 Å². The average molecular weight is 314 g/mol. The van der Waals surface area contributed by atoms with Crippen LogP contribution in [0.15, 0.2) is 23.8 Å². The lowest BCUT2D eigenvalue weighted by Gasteiger charge is -2.47. The number of fused-ring (bicyclic) bond motifs is 3. The molecule has 1 heterocycles. The first-order chi connectivity index (χ1) is 10.9. The molecular formula is C21H30O2. The van der Waals surface area contributed by atoms with Gasteiger partial charge in [-0.15, -0.1) is 0 Å². The molecule has 0 radical (unpaired) electrons. The highest BCUT2D eigenvalue weighted by Crippen LogP contribution is 2.54. The Bertz CT molecular complexity index is 613. The van der Waals surface area contributed by atoms with Crippen LogP contribution < -0.4 is 4.74 Å². The summed E-state index contributed by atoms with van der Waals surface area (Å²) in [7, 11) is 0. The maximum absolute atomic E-state index is 10.7. The minimum atomic E-state index is -0.177. The number of phenolic OH excluding ortho intramolecular Hbond substituents is 1. The number of benzene rings is 1. The maximum atomic E-state index is 10.7. The molecule has 0 bridgehead atoms. The van der Waals surface area contributed by atoms with Gasteiger partial charge in [-0.2, -0.15) is 0 Å². The Labute approximate surface area is 140 Å². The van der Waals surface area contributed by atoms with Gasteiger partial charge in [0.25, 0.3) is 0 Å². The van der Waals surface area contributed by atoms with Gasteiger partial charge in [0, 0.05) is 17.4 Å². The number of hydrogen-bond donors (Lipinski definition) is 1. The van der Waals surface area contributed by atoms with Crippen LogP contribution in [-0.2, 0) is 6.42 Å². The Morgan fingerprint density at radius 1 is 1.26 bits per heavy atom. The SMILES string of the molecule is CCCCCc1cc(O)c2c(c1)OC(C)(C)C1CC=C(C)C[C@@H]21. The summed E-state index contributed by atoms with van der Waals surface area (Å²) < 4.78 is 6.36. The number of unbranched alkanes of at least 4 members (excludes halogenated alkanes) is 2. The number of allylic oxidation sites excluding steroid dienone is 2. The van der Waals surface area contributed by atoms with E-state index in [1.165, 1.54) is 30.4 Å². The molecule has 2 atom stereocenters. The van der Waals surface area contributed by atoms with Crippen molar-refractivity contribution < 1.29 is 9.84 Å². The fourth-order valence-corrected chi connectivity index (χ4v) is 4.34. The van der Waals surface area contributed by atoms with E-state index in [2.05, 4.69) is 39.8 Å². The Kier molecular flexibility index (Phi) is 4.44. The van der Waals surface area contributed by atoms with Crippen LogP contribution in [0.25, 0.3) is 0 Å². The Balaban J connectivity index is 1.96. The molecule has 2 nitrogen and oxygen atoms in total. The minimum absolute atomic E-state index is 0.177. The van der Waals surface area contributed by atoms with Crippen molar-refractivity contribution in [3.63, 3.8) is 0 Å². The van der Waals surface area contributed by atoms with Gasteiger partial charge in [0.2, 0.25) is 0 Å². The molecule has 0 fully saturated rings. The van der Waals surface area contributed by atoms with E-state index in [0.29, 0.717) is 17.6 Å². The van der Waals surface area contributed by atoms with Crippen LogP contribution in [0.2, 0.25) is 0 Å². The smallest absolute Gasteiger partial charge is 0.127 e. The summed E-state index contributed by atoms with van der Waals surface area (Å²) in [5, 5.41) is 10.7. The zero-order valence-corrected chi connectivity index (χ0v) is 15.0. The molecule has 1 aromatic rings. The van der Waals surface area contributed by atoms with Crippen molar-refractivity contribution in [2.75, 3.05) is 0 Å². The minimum Gasteiger partial charge on any atom is -0.508 e. The molecule has 0 saturated carbocycles. The van der Waals surface area contributed by atoms with Gasteiger partial charge in [-0.25, -0.2) is 0 Å². The van der Waals surface area contributed by atoms with Crippen molar-refractivity contribution in [2.45, 2.75) is 77.7 Å². The van der Waals surface area contributed by atoms with Crippen LogP contribution in [-0.4, -0.2) is 10.7 Å². The fourth-order valence-electron chi connectivity index (χ4n) is 4.34. The van der Waals surface area contributed by atoms with Crippen molar-refractivity contribution >= 4 is 0 Å². The van der Waals surface area contributed by atoms with E-state index in [1.54, 1.807) is 0 Å². The summed E-state index contributed by atoms with van der Waals surface area (Å²) in [5.41, 5.74) is 3.50. The molecule has 0 amide bonds. The molecule has 1 unspecified atom stereocenters. The Morgan fingerprint density at radius 3 is 2.78 bits per heavy atom. The van der Waals surface area contributed by atoms with Crippen molar-refractivity contribution in [1.29, 1.82) is 0 Å². The number of rotatable bonds is 4. The normalized spacial score (nSPS) is 25.1. The lowest BCUT2D eigenvalue weighted by atomic mass is 9.67. The Hall–Kier alpha value is -1.44. The van der Waals surface area contributed by atoms with Gasteiger partial charge in [-0.3, -0.25) is 0 Å². The first kappa shape index (κ1) is 16.4. The third-order valence-electron chi connectivity index (χ3n) is 5.63. The second-order valence-electron chi connectivity index (χ2n) is 7.89. The third-order valence-corrected chi connectivity index (χ3v) is 5.63. The average Bonchev–Trinajstić information content (AvgIpc) is 2.46. The zero-order chi connectivity index (χ0) is 16.6. The van der Waals surface area contributed by atoms with E-state index in [1.807, 2.05) is 6.07 Å². The molecule has 0 aromatic heterocycles. The van der Waals surface area contributed by atoms with Gasteiger partial charge < -0.3 is 9.84 Å². The lowest BCUT2D eigenvalue weighted by molar-refractivity contribution is 0.00753. The van der Waals surface area contributed by atoms with E-state index in [9.17, 15) is 5.11 Å². The number of aryl methyl sites for hydroxylation is 1. The molecule has 1 N–H and O–H groups in total. The number of hydrogen-bond acceptors (Lipinski definition) is 2. The van der Waals surface area contributed by atoms with E-state index >= 15 is 0 Å². The number of aromatic hydroxyl groups is 1. The van der Waals surface area contributed by atoms with Crippen LogP contribution in [0.4, 0.5) is 0 Å². The highest BCUT2D eigenvalue weighted by atomic mass is 16.5. The van der Waals surface area contributed by atoms with Gasteiger partial charge >= 0.3 is 0 Å². The summed E-state index contributed by atoms with van der Waals surface area (Å²) in [5.74, 6) is 2.17. The van der Waals surface area contributed by atoms with Gasteiger partial charge in [-0.05, 0) is 64.2 Å². The summed E-state index contributed by atoms with van der Waals surface area (Å²) in [4.78, 5) is 0. The van der Waals surface area contributed by atoms with Gasteiger partial charge in [0.05, 0.1) is 0 Å². The largest absolute Gasteiger partial charge is 0.508 e. The monoisotopic (exact) mass is 314 g/mol. The molecule has 0 saturated heterocycles. The molecule has 0 spiro atoms. The lowest BCUT2D eigenvalue weighted by Crippen LogP contribution is -2.45. The zero-order valence-electron chi connectivity index (χ0n) is 15.0. The second-order valence-corrected chi connectivity index (χ2v) is 7.89. The Morgan fingerprint density at radius 2 is 2.04 bits per heavy atom. The molecule has 126 valence electrons. The van der Waals surface area contributed by atoms with Crippen molar-refractivity contribution in [3.8, 4) is 11.5 Å². The molecule has 1 aliphatic carbocycles. The molecule has 2 heteroatoms. The van der Waals surface area contributed by atoms with Gasteiger partial charge in [-0.1, -0.05) is 31.4 Å². The van der Waals surface area contributed by atoms with Crippen molar-refractivity contribution in [1.82, 2.24) is 0 Å². The molecule has 2 aliphatic rings. The summed E-state index contributed by atoms with van der Waals surface area (Å²) in [6, 6.07) is 4.15. The van der Waals surface area contributed by atoms with Crippen molar-refractivity contribution in [2.24, 2.45) is 5.92 Å². The maximum Gasteiger partial charge on any atom is 0.127 e. The first-order valence-corrected chi connectivity index (χ1v) is 9.12. The predicted molar refractivity (Wildman–Crippen MR) is 95.3 cm³/mol. The van der Waals surface area contributed by atoms with Gasteiger partial charge in [0.1, 0.15) is 17.1 Å². The third kappa shape index (κ3) is 3.13. The number of ether oxygens (including phenoxy) is 1. The van der Waals surface area contributed by atoms with Crippen LogP contribution in [0.1, 0.15) is 76.8 Å². The fraction of sp³-hybridized carbons (Fsp3) is 0.619. The van der Waals surface area contributed by atoms with Crippen LogP contribution >= 0.6 is 0 Å². The highest BCUT2D eigenvalue weighted by molar-refractivity contribution is 5.52. The van der Waals surface area contributed by atoms with Crippen LogP contribution in [0, 0.1) is 5.92 Å². The van der Waals surface area contributed by atoms with Crippen LogP contribution in [0.3, 0.4) is 0 Å². The van der Waals surface area contributed by atoms with E-state index in [4.69, 9.17) is 4.74 Å². The topological polar surface area (TPSA) is 29.5 Å². The van der Waals surface area contributed by atoms with Gasteiger partial charge in [0.15, 0.2) is 0 Å². The molecule has 3 rings (SSSR count). The standard InChI is InChI=1S/C21H30O2/c1-5-6-7-8-15-12-18(22)20-16-11-14(2)9-10-17(16)21(3,4)23-19(20)13-15/h9,12-13,16-17,22H,5-8,10-11H2,1-4H3/t16-,17?/m1/s1. The molecule has 1 aliphatic heterocycles. The molecule has 1 aromatic carbocycles. The molecular weight excluding hydrogens is 284 g/mol. The quantitative estimate of drug-likeness (QED) is 0.567. The first-order valence-electron chi connectivity index (χ1n) is 9.12. The highest BCUT2D eigenvalue weighted by Gasteiger charge is 2.45.